The minimum absolute atomic E-state index is 0.336. The van der Waals surface area contributed by atoms with E-state index in [0.717, 1.165) is 26.2 Å². The normalized spacial score (nSPS) is 13.4. The largest absolute Gasteiger partial charge is 0.481 e. The van der Waals surface area contributed by atoms with Crippen molar-refractivity contribution in [3.63, 3.8) is 0 Å². The summed E-state index contributed by atoms with van der Waals surface area (Å²) in [5, 5.41) is 21.0. The maximum atomic E-state index is 11.8. The highest BCUT2D eigenvalue weighted by molar-refractivity contribution is 6.10. The Balaban J connectivity index is 3.91. The highest BCUT2D eigenvalue weighted by Crippen LogP contribution is 2.13. The van der Waals surface area contributed by atoms with E-state index in [1.165, 1.54) is 32.1 Å². The average molecular weight is 315 g/mol. The Labute approximate surface area is 132 Å². The van der Waals surface area contributed by atoms with Crippen LogP contribution in [0, 0.1) is 0 Å². The van der Waals surface area contributed by atoms with Crippen LogP contribution in [0.4, 0.5) is 0 Å². The molecule has 1 atom stereocenters. The molecule has 1 amide bonds. The topological polar surface area (TPSA) is 104 Å². The Morgan fingerprint density at radius 2 is 1.45 bits per heavy atom. The Morgan fingerprint density at radius 1 is 0.955 bits per heavy atom. The summed E-state index contributed by atoms with van der Waals surface area (Å²) in [7, 11) is 0. The quantitative estimate of drug-likeness (QED) is 0.356. The van der Waals surface area contributed by atoms with E-state index < -0.39 is 29.7 Å². The lowest BCUT2D eigenvalue weighted by Crippen LogP contribution is -2.53. The average Bonchev–Trinajstić information content (AvgIpc) is 2.44. The summed E-state index contributed by atoms with van der Waals surface area (Å²) >= 11 is 0. The van der Waals surface area contributed by atoms with Crippen LogP contribution in [0.3, 0.4) is 0 Å². The van der Waals surface area contributed by atoms with Crippen molar-refractivity contribution in [2.24, 2.45) is 0 Å². The van der Waals surface area contributed by atoms with Crippen LogP contribution in [-0.2, 0) is 14.4 Å². The van der Waals surface area contributed by atoms with E-state index in [1.807, 2.05) is 0 Å². The van der Waals surface area contributed by atoms with Gasteiger partial charge in [0.1, 0.15) is 0 Å². The fraction of sp³-hybridized carbons (Fsp3) is 0.812. The van der Waals surface area contributed by atoms with Gasteiger partial charge in [0.15, 0.2) is 5.78 Å². The summed E-state index contributed by atoms with van der Waals surface area (Å²) in [6, 6.07) is 0. The number of carbonyl (C=O) groups is 3. The monoisotopic (exact) mass is 315 g/mol. The molecule has 128 valence electrons. The summed E-state index contributed by atoms with van der Waals surface area (Å²) in [6.45, 7) is 3.52. The summed E-state index contributed by atoms with van der Waals surface area (Å²) in [4.78, 5) is 33.8. The number of nitrogens with one attached hydrogen (secondary N) is 1. The first-order valence-corrected chi connectivity index (χ1v) is 8.08. The third-order valence-corrected chi connectivity index (χ3v) is 3.68. The van der Waals surface area contributed by atoms with Crippen LogP contribution in [0.2, 0.25) is 0 Å². The van der Waals surface area contributed by atoms with Crippen LogP contribution < -0.4 is 5.32 Å². The standard InChI is InChI=1S/C16H29NO5/c1-3-4-5-6-7-8-9-10-11-17-15(21)16(22,13(2)18)12-14(19)20/h22H,3-12H2,1-2H3,(H,17,21)(H,19,20). The molecule has 0 aliphatic carbocycles. The molecule has 1 unspecified atom stereocenters. The highest BCUT2D eigenvalue weighted by atomic mass is 16.4. The van der Waals surface area contributed by atoms with Gasteiger partial charge >= 0.3 is 5.97 Å². The van der Waals surface area contributed by atoms with Crippen molar-refractivity contribution in [1.82, 2.24) is 5.32 Å². The van der Waals surface area contributed by atoms with E-state index in [1.54, 1.807) is 0 Å². The first-order valence-electron chi connectivity index (χ1n) is 8.08. The maximum absolute atomic E-state index is 11.8. The molecule has 0 heterocycles. The van der Waals surface area contributed by atoms with Crippen LogP contribution in [0.15, 0.2) is 0 Å². The van der Waals surface area contributed by atoms with Crippen molar-refractivity contribution in [3.8, 4) is 0 Å². The van der Waals surface area contributed by atoms with Gasteiger partial charge in [-0.15, -0.1) is 0 Å². The van der Waals surface area contributed by atoms with Gasteiger partial charge in [-0.3, -0.25) is 14.4 Å². The summed E-state index contributed by atoms with van der Waals surface area (Å²) < 4.78 is 0. The Hall–Kier alpha value is -1.43. The molecule has 0 aliphatic rings. The number of unbranched alkanes of at least 4 members (excludes halogenated alkanes) is 7. The number of hydrogen-bond donors (Lipinski definition) is 3. The molecular weight excluding hydrogens is 286 g/mol. The molecule has 0 aromatic heterocycles. The Kier molecular flexibility index (Phi) is 10.5. The molecule has 3 N–H and O–H groups in total. The van der Waals surface area contributed by atoms with E-state index in [4.69, 9.17) is 5.11 Å². The number of amides is 1. The summed E-state index contributed by atoms with van der Waals surface area (Å²) in [6.07, 6.45) is 8.04. The number of carbonyl (C=O) groups excluding carboxylic acids is 2. The zero-order valence-electron chi connectivity index (χ0n) is 13.7. The van der Waals surface area contributed by atoms with Crippen LogP contribution in [0.1, 0.15) is 71.6 Å². The third kappa shape index (κ3) is 8.12. The van der Waals surface area contributed by atoms with Crippen molar-refractivity contribution >= 4 is 17.7 Å². The number of ketones is 1. The predicted molar refractivity (Wildman–Crippen MR) is 83.5 cm³/mol. The first kappa shape index (κ1) is 20.6. The molecule has 0 rings (SSSR count). The number of carboxylic acid groups (broad SMARTS) is 1. The van der Waals surface area contributed by atoms with Gasteiger partial charge in [0, 0.05) is 6.54 Å². The number of rotatable bonds is 13. The van der Waals surface area contributed by atoms with E-state index in [2.05, 4.69) is 12.2 Å². The number of Topliss-reactive ketones (excluding diaryl/α,β-unsaturated/α-hetero) is 1. The summed E-state index contributed by atoms with van der Waals surface area (Å²) in [5.41, 5.74) is -2.47. The molecule has 0 aromatic carbocycles. The zero-order chi connectivity index (χ0) is 17.0. The number of carboxylic acids is 1. The lowest BCUT2D eigenvalue weighted by molar-refractivity contribution is -0.159. The van der Waals surface area contributed by atoms with Crippen LogP contribution in [0.5, 0.6) is 0 Å². The molecule has 0 bridgehead atoms. The molecule has 0 aromatic rings. The number of aliphatic carboxylic acids is 1. The van der Waals surface area contributed by atoms with Gasteiger partial charge in [-0.2, -0.15) is 0 Å². The molecule has 0 radical (unpaired) electrons. The highest BCUT2D eigenvalue weighted by Gasteiger charge is 2.43. The molecule has 0 saturated heterocycles. The van der Waals surface area contributed by atoms with Crippen molar-refractivity contribution < 1.29 is 24.6 Å². The maximum Gasteiger partial charge on any atom is 0.307 e. The minimum atomic E-state index is -2.47. The van der Waals surface area contributed by atoms with Crippen molar-refractivity contribution in [2.45, 2.75) is 77.2 Å². The minimum Gasteiger partial charge on any atom is -0.481 e. The Morgan fingerprint density at radius 3 is 1.91 bits per heavy atom. The molecule has 6 heteroatoms. The van der Waals surface area contributed by atoms with Crippen LogP contribution >= 0.6 is 0 Å². The smallest absolute Gasteiger partial charge is 0.307 e. The molecule has 22 heavy (non-hydrogen) atoms. The second kappa shape index (κ2) is 11.2. The number of hydrogen-bond acceptors (Lipinski definition) is 4. The molecular formula is C16H29NO5. The van der Waals surface area contributed by atoms with Crippen LogP contribution in [-0.4, -0.2) is 40.0 Å². The zero-order valence-corrected chi connectivity index (χ0v) is 13.7. The molecule has 0 spiro atoms. The van der Waals surface area contributed by atoms with Gasteiger partial charge in [-0.1, -0.05) is 51.9 Å². The van der Waals surface area contributed by atoms with Crippen molar-refractivity contribution in [1.29, 1.82) is 0 Å². The number of aliphatic hydroxyl groups is 1. The van der Waals surface area contributed by atoms with Gasteiger partial charge in [0.25, 0.3) is 5.91 Å². The van der Waals surface area contributed by atoms with E-state index in [9.17, 15) is 19.5 Å². The van der Waals surface area contributed by atoms with E-state index in [0.29, 0.717) is 6.54 Å². The van der Waals surface area contributed by atoms with Crippen LogP contribution in [0.25, 0.3) is 0 Å². The summed E-state index contributed by atoms with van der Waals surface area (Å²) in [5.74, 6) is -3.17. The van der Waals surface area contributed by atoms with Gasteiger partial charge in [0.2, 0.25) is 5.60 Å². The fourth-order valence-electron chi connectivity index (χ4n) is 2.19. The van der Waals surface area contributed by atoms with Crippen molar-refractivity contribution in [2.75, 3.05) is 6.54 Å². The predicted octanol–water partition coefficient (Wildman–Crippen LogP) is 2.04. The molecule has 0 fully saturated rings. The Bertz CT molecular complexity index is 370. The first-order chi connectivity index (χ1) is 10.3. The van der Waals surface area contributed by atoms with Gasteiger partial charge in [0.05, 0.1) is 6.42 Å². The second-order valence-corrected chi connectivity index (χ2v) is 5.72. The van der Waals surface area contributed by atoms with Gasteiger partial charge in [-0.25, -0.2) is 0 Å². The molecule has 6 nitrogen and oxygen atoms in total. The third-order valence-electron chi connectivity index (χ3n) is 3.68. The van der Waals surface area contributed by atoms with E-state index >= 15 is 0 Å². The van der Waals surface area contributed by atoms with Gasteiger partial charge < -0.3 is 15.5 Å². The SMILES string of the molecule is CCCCCCCCCCNC(=O)C(O)(CC(=O)O)C(C)=O. The van der Waals surface area contributed by atoms with Crippen molar-refractivity contribution in [3.05, 3.63) is 0 Å². The second-order valence-electron chi connectivity index (χ2n) is 5.72. The lowest BCUT2D eigenvalue weighted by atomic mass is 9.94. The fourth-order valence-corrected chi connectivity index (χ4v) is 2.19. The van der Waals surface area contributed by atoms with Gasteiger partial charge in [-0.05, 0) is 13.3 Å². The lowest BCUT2D eigenvalue weighted by Gasteiger charge is -2.22. The van der Waals surface area contributed by atoms with E-state index in [-0.39, 0.29) is 0 Å². The molecule has 0 aliphatic heterocycles. The molecule has 0 saturated carbocycles.